The highest BCUT2D eigenvalue weighted by Crippen LogP contribution is 2.35. The molecular formula is C26H22ClN5O4S2. The van der Waals surface area contributed by atoms with E-state index in [1.54, 1.807) is 15.9 Å². The van der Waals surface area contributed by atoms with Crippen molar-refractivity contribution >= 4 is 62.7 Å². The van der Waals surface area contributed by atoms with E-state index in [0.717, 1.165) is 48.6 Å². The summed E-state index contributed by atoms with van der Waals surface area (Å²) >= 11 is 8.78. The van der Waals surface area contributed by atoms with Gasteiger partial charge in [-0.2, -0.15) is 5.10 Å². The number of nitrogens with zero attached hydrogens (tertiary/aromatic N) is 4. The maximum Gasteiger partial charge on any atom is 0.270 e. The standard InChI is InChI=1S/C26H22ClN5O4S2/c1-15-6-8-17(9-7-15)31-25(34)23-19-4-2-3-5-21(19)38-24(23)29-26(31)37-14-22(33)30-28-13-16-12-18(32(35)36)10-11-20(16)27/h6-13H,2-5,14H2,1H3,(H,30,33)/b28-13+. The van der Waals surface area contributed by atoms with Crippen LogP contribution in [-0.2, 0) is 17.6 Å². The first kappa shape index (κ1) is 26.1. The molecule has 1 aliphatic carbocycles. The molecule has 0 saturated carbocycles. The lowest BCUT2D eigenvalue weighted by atomic mass is 9.97. The molecule has 0 atom stereocenters. The molecule has 2 aromatic carbocycles. The molecule has 1 N–H and O–H groups in total. The molecular weight excluding hydrogens is 546 g/mol. The van der Waals surface area contributed by atoms with Crippen LogP contribution in [-0.4, -0.2) is 32.3 Å². The van der Waals surface area contributed by atoms with Gasteiger partial charge in [-0.3, -0.25) is 24.3 Å². The van der Waals surface area contributed by atoms with Gasteiger partial charge in [0.2, 0.25) is 0 Å². The predicted octanol–water partition coefficient (Wildman–Crippen LogP) is 5.44. The summed E-state index contributed by atoms with van der Waals surface area (Å²) in [5.74, 6) is -0.474. The monoisotopic (exact) mass is 567 g/mol. The zero-order chi connectivity index (χ0) is 26.8. The molecule has 0 bridgehead atoms. The summed E-state index contributed by atoms with van der Waals surface area (Å²) < 4.78 is 1.58. The van der Waals surface area contributed by atoms with Crippen molar-refractivity contribution in [3.63, 3.8) is 0 Å². The normalized spacial score (nSPS) is 13.1. The average molecular weight is 568 g/mol. The number of thioether (sulfide) groups is 1. The van der Waals surface area contributed by atoms with Crippen molar-refractivity contribution in [2.24, 2.45) is 5.10 Å². The number of halogens is 1. The number of hydrogen-bond acceptors (Lipinski definition) is 8. The molecule has 1 aliphatic rings. The minimum absolute atomic E-state index is 0.0467. The van der Waals surface area contributed by atoms with Crippen molar-refractivity contribution in [1.82, 2.24) is 15.0 Å². The van der Waals surface area contributed by atoms with E-state index >= 15 is 0 Å². The zero-order valence-electron chi connectivity index (χ0n) is 20.3. The Kier molecular flexibility index (Phi) is 7.59. The maximum atomic E-state index is 13.8. The largest absolute Gasteiger partial charge is 0.272 e. The van der Waals surface area contributed by atoms with Gasteiger partial charge in [0.15, 0.2) is 5.16 Å². The average Bonchev–Trinajstić information content (AvgIpc) is 3.28. The third-order valence-electron chi connectivity index (χ3n) is 6.17. The topological polar surface area (TPSA) is 119 Å². The number of amides is 1. The molecule has 0 saturated heterocycles. The molecule has 1 amide bonds. The summed E-state index contributed by atoms with van der Waals surface area (Å²) in [6.45, 7) is 1.98. The Hall–Kier alpha value is -3.54. The molecule has 0 radical (unpaired) electrons. The minimum Gasteiger partial charge on any atom is -0.272 e. The SMILES string of the molecule is Cc1ccc(-n2c(SCC(=O)N/N=C/c3cc([N+](=O)[O-])ccc3Cl)nc3sc4c(c3c2=O)CCCC4)cc1. The van der Waals surface area contributed by atoms with Crippen molar-refractivity contribution < 1.29 is 9.72 Å². The number of carbonyl (C=O) groups is 1. The number of aryl methyl sites for hydroxylation is 3. The molecule has 0 aliphatic heterocycles. The van der Waals surface area contributed by atoms with Crippen molar-refractivity contribution in [3.8, 4) is 5.69 Å². The molecule has 0 unspecified atom stereocenters. The van der Waals surface area contributed by atoms with Crippen LogP contribution in [0.5, 0.6) is 0 Å². The fourth-order valence-corrected chi connectivity index (χ4v) is 6.56. The quantitative estimate of drug-likeness (QED) is 0.104. The van der Waals surface area contributed by atoms with Crippen LogP contribution in [0.25, 0.3) is 15.9 Å². The molecule has 0 spiro atoms. The molecule has 38 heavy (non-hydrogen) atoms. The molecule has 194 valence electrons. The van der Waals surface area contributed by atoms with Gasteiger partial charge in [0.25, 0.3) is 17.2 Å². The van der Waals surface area contributed by atoms with E-state index in [1.165, 1.54) is 29.3 Å². The number of nitrogens with one attached hydrogen (secondary N) is 1. The van der Waals surface area contributed by atoms with Crippen molar-refractivity contribution in [3.05, 3.63) is 89.5 Å². The first-order valence-electron chi connectivity index (χ1n) is 11.8. The number of benzene rings is 2. The zero-order valence-corrected chi connectivity index (χ0v) is 22.7. The Labute approximate surface area is 230 Å². The Morgan fingerprint density at radius 2 is 2.03 bits per heavy atom. The van der Waals surface area contributed by atoms with Crippen molar-refractivity contribution in [1.29, 1.82) is 0 Å². The molecule has 12 heteroatoms. The summed E-state index contributed by atoms with van der Waals surface area (Å²) in [6.07, 6.45) is 5.25. The van der Waals surface area contributed by atoms with Gasteiger partial charge >= 0.3 is 0 Å². The minimum atomic E-state index is -0.537. The van der Waals surface area contributed by atoms with Gasteiger partial charge in [-0.25, -0.2) is 10.4 Å². The number of rotatable bonds is 7. The smallest absolute Gasteiger partial charge is 0.270 e. The number of thiophene rings is 1. The fraction of sp³-hybridized carbons (Fsp3) is 0.231. The van der Waals surface area contributed by atoms with Crippen LogP contribution in [0.1, 0.15) is 34.4 Å². The Morgan fingerprint density at radius 1 is 1.26 bits per heavy atom. The van der Waals surface area contributed by atoms with Crippen LogP contribution in [0, 0.1) is 17.0 Å². The fourth-order valence-electron chi connectivity index (χ4n) is 4.28. The van der Waals surface area contributed by atoms with E-state index < -0.39 is 10.8 Å². The Bertz CT molecular complexity index is 1650. The summed E-state index contributed by atoms with van der Waals surface area (Å²) in [7, 11) is 0. The number of hydrogen-bond donors (Lipinski definition) is 1. The number of hydrazone groups is 1. The van der Waals surface area contributed by atoms with Crippen LogP contribution in [0.4, 0.5) is 5.69 Å². The number of fused-ring (bicyclic) bond motifs is 3. The molecule has 5 rings (SSSR count). The van der Waals surface area contributed by atoms with Gasteiger partial charge in [-0.1, -0.05) is 41.1 Å². The van der Waals surface area contributed by atoms with Crippen LogP contribution >= 0.6 is 34.7 Å². The van der Waals surface area contributed by atoms with Crippen LogP contribution in [0.15, 0.2) is 57.5 Å². The number of aromatic nitrogens is 2. The van der Waals surface area contributed by atoms with E-state index in [1.807, 2.05) is 31.2 Å². The lowest BCUT2D eigenvalue weighted by Gasteiger charge is -2.13. The second-order valence-corrected chi connectivity index (χ2v) is 11.2. The highest BCUT2D eigenvalue weighted by Gasteiger charge is 2.23. The first-order chi connectivity index (χ1) is 18.3. The Balaban J connectivity index is 1.40. The summed E-state index contributed by atoms with van der Waals surface area (Å²) in [6, 6.07) is 11.6. The number of nitro groups is 1. The van der Waals surface area contributed by atoms with Crippen LogP contribution < -0.4 is 11.0 Å². The molecule has 2 heterocycles. The highest BCUT2D eigenvalue weighted by atomic mass is 35.5. The summed E-state index contributed by atoms with van der Waals surface area (Å²) in [5, 5.41) is 16.2. The van der Waals surface area contributed by atoms with Gasteiger partial charge in [-0.05, 0) is 56.4 Å². The first-order valence-corrected chi connectivity index (χ1v) is 14.0. The molecule has 2 aromatic heterocycles. The molecule has 0 fully saturated rings. The second kappa shape index (κ2) is 11.1. The van der Waals surface area contributed by atoms with Gasteiger partial charge in [0.05, 0.1) is 28.0 Å². The van der Waals surface area contributed by atoms with E-state index in [4.69, 9.17) is 16.6 Å². The highest BCUT2D eigenvalue weighted by molar-refractivity contribution is 7.99. The van der Waals surface area contributed by atoms with Crippen LogP contribution in [0.3, 0.4) is 0 Å². The van der Waals surface area contributed by atoms with Crippen molar-refractivity contribution in [2.75, 3.05) is 5.75 Å². The van der Waals surface area contributed by atoms with E-state index in [2.05, 4.69) is 10.5 Å². The number of non-ortho nitro benzene ring substituents is 1. The molecule has 9 nitrogen and oxygen atoms in total. The number of carbonyl (C=O) groups excluding carboxylic acids is 1. The van der Waals surface area contributed by atoms with Crippen LogP contribution in [0.2, 0.25) is 5.02 Å². The van der Waals surface area contributed by atoms with Gasteiger partial charge < -0.3 is 0 Å². The summed E-state index contributed by atoms with van der Waals surface area (Å²) in [5.41, 5.74) is 5.31. The van der Waals surface area contributed by atoms with Gasteiger partial charge in [0.1, 0.15) is 4.83 Å². The maximum absolute atomic E-state index is 13.8. The second-order valence-electron chi connectivity index (χ2n) is 8.81. The molecule has 4 aromatic rings. The lowest BCUT2D eigenvalue weighted by Crippen LogP contribution is -2.24. The predicted molar refractivity (Wildman–Crippen MR) is 151 cm³/mol. The van der Waals surface area contributed by atoms with Gasteiger partial charge in [-0.15, -0.1) is 11.3 Å². The third kappa shape index (κ3) is 5.35. The van der Waals surface area contributed by atoms with Gasteiger partial charge in [0, 0.05) is 27.6 Å². The lowest BCUT2D eigenvalue weighted by molar-refractivity contribution is -0.384. The van der Waals surface area contributed by atoms with Crippen molar-refractivity contribution in [2.45, 2.75) is 37.8 Å². The third-order valence-corrected chi connectivity index (χ3v) is 8.63. The number of nitro benzene ring substituents is 1. The van der Waals surface area contributed by atoms with E-state index in [9.17, 15) is 19.7 Å². The Morgan fingerprint density at radius 3 is 2.79 bits per heavy atom. The summed E-state index contributed by atoms with van der Waals surface area (Å²) in [4.78, 5) is 43.5. The van der Waals surface area contributed by atoms with E-state index in [-0.39, 0.29) is 22.0 Å². The van der Waals surface area contributed by atoms with E-state index in [0.29, 0.717) is 26.6 Å².